The molecule has 4 aromatic rings. The number of aryl methyl sites for hydroxylation is 1. The molecule has 3 aromatic carbocycles. The number of amides is 1. The highest BCUT2D eigenvalue weighted by Crippen LogP contribution is 2.24. The Morgan fingerprint density at radius 3 is 2.56 bits per heavy atom. The van der Waals surface area contributed by atoms with E-state index in [9.17, 15) is 4.79 Å². The van der Waals surface area contributed by atoms with Gasteiger partial charge in [-0.2, -0.15) is 4.98 Å². The van der Waals surface area contributed by atoms with Crippen LogP contribution in [0, 0.1) is 13.8 Å². The Labute approximate surface area is 186 Å². The van der Waals surface area contributed by atoms with Crippen molar-refractivity contribution >= 4 is 11.6 Å². The average molecular weight is 429 g/mol. The van der Waals surface area contributed by atoms with Crippen molar-refractivity contribution in [2.45, 2.75) is 20.5 Å². The number of nitrogens with zero attached hydrogens (tertiary/aromatic N) is 2. The van der Waals surface area contributed by atoms with Crippen molar-refractivity contribution in [1.29, 1.82) is 0 Å². The molecule has 162 valence electrons. The number of nitrogens with one attached hydrogen (secondary N) is 1. The van der Waals surface area contributed by atoms with E-state index < -0.39 is 0 Å². The predicted molar refractivity (Wildman–Crippen MR) is 121 cm³/mol. The summed E-state index contributed by atoms with van der Waals surface area (Å²) in [4.78, 5) is 17.3. The number of ether oxygens (including phenoxy) is 2. The molecule has 7 heteroatoms. The Balaban J connectivity index is 1.46. The van der Waals surface area contributed by atoms with Crippen molar-refractivity contribution in [3.8, 4) is 22.9 Å². The second-order valence-electron chi connectivity index (χ2n) is 7.23. The van der Waals surface area contributed by atoms with Gasteiger partial charge >= 0.3 is 0 Å². The molecule has 0 fully saturated rings. The number of aromatic nitrogens is 2. The van der Waals surface area contributed by atoms with E-state index in [0.29, 0.717) is 23.0 Å². The third kappa shape index (κ3) is 4.62. The third-order valence-electron chi connectivity index (χ3n) is 5.15. The maximum absolute atomic E-state index is 12.9. The highest BCUT2D eigenvalue weighted by molar-refractivity contribution is 6.06. The van der Waals surface area contributed by atoms with Gasteiger partial charge in [-0.15, -0.1) is 0 Å². The summed E-state index contributed by atoms with van der Waals surface area (Å²) in [5.41, 5.74) is 4.12. The molecule has 0 saturated heterocycles. The van der Waals surface area contributed by atoms with Crippen molar-refractivity contribution in [3.63, 3.8) is 0 Å². The van der Waals surface area contributed by atoms with Gasteiger partial charge in [0, 0.05) is 11.3 Å². The molecule has 1 N–H and O–H groups in total. The Morgan fingerprint density at radius 1 is 1.00 bits per heavy atom. The Bertz CT molecular complexity index is 1230. The Morgan fingerprint density at radius 2 is 1.78 bits per heavy atom. The van der Waals surface area contributed by atoms with E-state index in [1.807, 2.05) is 56.3 Å². The normalized spacial score (nSPS) is 10.6. The van der Waals surface area contributed by atoms with Crippen molar-refractivity contribution in [3.05, 3.63) is 89.3 Å². The van der Waals surface area contributed by atoms with E-state index in [-0.39, 0.29) is 12.5 Å². The van der Waals surface area contributed by atoms with Gasteiger partial charge in [-0.25, -0.2) is 0 Å². The van der Waals surface area contributed by atoms with Crippen molar-refractivity contribution < 1.29 is 18.8 Å². The Kier molecular flexibility index (Phi) is 6.17. The summed E-state index contributed by atoms with van der Waals surface area (Å²) in [6.07, 6.45) is 0. The number of para-hydroxylation sites is 1. The molecule has 0 radical (unpaired) electrons. The minimum Gasteiger partial charge on any atom is -0.497 e. The van der Waals surface area contributed by atoms with Gasteiger partial charge in [0.05, 0.1) is 12.7 Å². The maximum Gasteiger partial charge on any atom is 0.264 e. The Hall–Kier alpha value is -4.13. The maximum atomic E-state index is 12.9. The largest absolute Gasteiger partial charge is 0.497 e. The molecule has 0 aliphatic rings. The van der Waals surface area contributed by atoms with Crippen LogP contribution in [-0.2, 0) is 6.61 Å². The summed E-state index contributed by atoms with van der Waals surface area (Å²) >= 11 is 0. The quantitative estimate of drug-likeness (QED) is 0.435. The van der Waals surface area contributed by atoms with Crippen LogP contribution in [0.4, 0.5) is 5.69 Å². The van der Waals surface area contributed by atoms with Gasteiger partial charge in [-0.3, -0.25) is 4.79 Å². The number of hydrogen-bond donors (Lipinski definition) is 1. The minimum atomic E-state index is -0.251. The van der Waals surface area contributed by atoms with Crippen LogP contribution in [0.25, 0.3) is 11.4 Å². The van der Waals surface area contributed by atoms with Gasteiger partial charge in [0.2, 0.25) is 5.82 Å². The average Bonchev–Trinajstić information content (AvgIpc) is 3.30. The fourth-order valence-corrected chi connectivity index (χ4v) is 3.17. The monoisotopic (exact) mass is 429 g/mol. The molecule has 1 aromatic heterocycles. The molecular formula is C25H23N3O4. The fraction of sp³-hybridized carbons (Fsp3) is 0.160. The van der Waals surface area contributed by atoms with Gasteiger partial charge in [0.15, 0.2) is 6.61 Å². The summed E-state index contributed by atoms with van der Waals surface area (Å²) in [7, 11) is 1.61. The first-order valence-electron chi connectivity index (χ1n) is 10.1. The first-order chi connectivity index (χ1) is 15.5. The summed E-state index contributed by atoms with van der Waals surface area (Å²) in [6, 6.07) is 20.2. The standard InChI is InChI=1S/C25H23N3O4/c1-16-7-6-9-21(17(16)2)26-25(29)20-8-4-5-10-22(20)31-15-23-27-24(28-32-23)18-11-13-19(30-3)14-12-18/h4-14H,15H2,1-3H3,(H,26,29). The zero-order chi connectivity index (χ0) is 22.5. The van der Waals surface area contributed by atoms with Crippen LogP contribution in [0.3, 0.4) is 0 Å². The van der Waals surface area contributed by atoms with Crippen molar-refractivity contribution in [2.75, 3.05) is 12.4 Å². The number of methoxy groups -OCH3 is 1. The van der Waals surface area contributed by atoms with Crippen LogP contribution < -0.4 is 14.8 Å². The van der Waals surface area contributed by atoms with E-state index in [1.54, 1.807) is 31.4 Å². The van der Waals surface area contributed by atoms with E-state index in [2.05, 4.69) is 15.5 Å². The summed E-state index contributed by atoms with van der Waals surface area (Å²) in [5, 5.41) is 6.96. The van der Waals surface area contributed by atoms with Gasteiger partial charge < -0.3 is 19.3 Å². The van der Waals surface area contributed by atoms with E-state index in [0.717, 1.165) is 28.1 Å². The molecule has 0 saturated carbocycles. The van der Waals surface area contributed by atoms with Crippen LogP contribution in [0.5, 0.6) is 11.5 Å². The molecule has 1 amide bonds. The molecule has 1 heterocycles. The summed E-state index contributed by atoms with van der Waals surface area (Å²) in [5.74, 6) is 1.68. The van der Waals surface area contributed by atoms with Crippen LogP contribution in [-0.4, -0.2) is 23.2 Å². The van der Waals surface area contributed by atoms with Gasteiger partial charge in [0.25, 0.3) is 11.8 Å². The zero-order valence-corrected chi connectivity index (χ0v) is 18.1. The molecule has 0 atom stereocenters. The number of benzene rings is 3. The highest BCUT2D eigenvalue weighted by atomic mass is 16.5. The molecular weight excluding hydrogens is 406 g/mol. The molecule has 32 heavy (non-hydrogen) atoms. The predicted octanol–water partition coefficient (Wildman–Crippen LogP) is 5.19. The molecule has 0 unspecified atom stereocenters. The fourth-order valence-electron chi connectivity index (χ4n) is 3.17. The highest BCUT2D eigenvalue weighted by Gasteiger charge is 2.15. The van der Waals surface area contributed by atoms with Crippen molar-refractivity contribution in [2.24, 2.45) is 0 Å². The lowest BCUT2D eigenvalue weighted by atomic mass is 10.1. The number of carbonyl (C=O) groups is 1. The molecule has 7 nitrogen and oxygen atoms in total. The summed E-state index contributed by atoms with van der Waals surface area (Å²) in [6.45, 7) is 4.02. The lowest BCUT2D eigenvalue weighted by molar-refractivity contribution is 0.102. The SMILES string of the molecule is COc1ccc(-c2noc(COc3ccccc3C(=O)Nc3cccc(C)c3C)n2)cc1. The van der Waals surface area contributed by atoms with Crippen LogP contribution in [0.1, 0.15) is 27.4 Å². The molecule has 4 rings (SSSR count). The number of hydrogen-bond acceptors (Lipinski definition) is 6. The topological polar surface area (TPSA) is 86.5 Å². The van der Waals surface area contributed by atoms with Crippen LogP contribution in [0.15, 0.2) is 71.3 Å². The van der Waals surface area contributed by atoms with Crippen LogP contribution in [0.2, 0.25) is 0 Å². The lowest BCUT2D eigenvalue weighted by Gasteiger charge is -2.13. The minimum absolute atomic E-state index is 0.0386. The van der Waals surface area contributed by atoms with E-state index in [1.165, 1.54) is 0 Å². The zero-order valence-electron chi connectivity index (χ0n) is 18.1. The van der Waals surface area contributed by atoms with Gasteiger partial charge in [-0.1, -0.05) is 29.4 Å². The lowest BCUT2D eigenvalue weighted by Crippen LogP contribution is -2.14. The number of rotatable bonds is 7. The van der Waals surface area contributed by atoms with Crippen molar-refractivity contribution in [1.82, 2.24) is 10.1 Å². The van der Waals surface area contributed by atoms with Crippen LogP contribution >= 0.6 is 0 Å². The summed E-state index contributed by atoms with van der Waals surface area (Å²) < 4.78 is 16.3. The molecule has 0 aliphatic heterocycles. The second-order valence-corrected chi connectivity index (χ2v) is 7.23. The first-order valence-corrected chi connectivity index (χ1v) is 10.1. The van der Waals surface area contributed by atoms with E-state index in [4.69, 9.17) is 14.0 Å². The van der Waals surface area contributed by atoms with Gasteiger partial charge in [-0.05, 0) is 67.4 Å². The van der Waals surface area contributed by atoms with E-state index >= 15 is 0 Å². The third-order valence-corrected chi connectivity index (χ3v) is 5.15. The first kappa shape index (κ1) is 21.1. The second kappa shape index (κ2) is 9.34. The number of anilines is 1. The molecule has 0 bridgehead atoms. The molecule has 0 spiro atoms. The van der Waals surface area contributed by atoms with Gasteiger partial charge in [0.1, 0.15) is 11.5 Å². The molecule has 0 aliphatic carbocycles. The number of carbonyl (C=O) groups excluding carboxylic acids is 1. The smallest absolute Gasteiger partial charge is 0.264 e.